The van der Waals surface area contributed by atoms with Crippen LogP contribution in [0.3, 0.4) is 0 Å². The molecule has 2 atom stereocenters. The maximum atomic E-state index is 3.71. The molecule has 0 amide bonds. The fraction of sp³-hybridized carbons (Fsp3) is 0.636. The molecule has 0 spiro atoms. The predicted octanol–water partition coefficient (Wildman–Crippen LogP) is 3.21. The molecule has 1 saturated heterocycles. The van der Waals surface area contributed by atoms with Crippen molar-refractivity contribution in [2.45, 2.75) is 32.4 Å². The molecule has 1 aliphatic heterocycles. The van der Waals surface area contributed by atoms with Gasteiger partial charge in [0.25, 0.3) is 0 Å². The van der Waals surface area contributed by atoms with Gasteiger partial charge in [-0.25, -0.2) is 0 Å². The number of hydrogen-bond donors (Lipinski definition) is 1. The molecule has 1 N–H and O–H groups in total. The van der Waals surface area contributed by atoms with Crippen LogP contribution in [0.15, 0.2) is 11.4 Å². The van der Waals surface area contributed by atoms with Crippen molar-refractivity contribution in [3.63, 3.8) is 0 Å². The summed E-state index contributed by atoms with van der Waals surface area (Å²) in [6, 6.07) is 3.47. The van der Waals surface area contributed by atoms with Crippen molar-refractivity contribution in [2.24, 2.45) is 0 Å². The van der Waals surface area contributed by atoms with Gasteiger partial charge in [0, 0.05) is 22.7 Å². The Bertz CT molecular complexity index is 289. The maximum absolute atomic E-state index is 3.71. The highest BCUT2D eigenvalue weighted by atomic mass is 32.2. The fourth-order valence-electron chi connectivity index (χ4n) is 1.92. The topological polar surface area (TPSA) is 12.0 Å². The van der Waals surface area contributed by atoms with Crippen molar-refractivity contribution in [1.29, 1.82) is 0 Å². The second-order valence-electron chi connectivity index (χ2n) is 3.92. The van der Waals surface area contributed by atoms with Gasteiger partial charge < -0.3 is 5.32 Å². The normalized spacial score (nSPS) is 24.0. The van der Waals surface area contributed by atoms with Crippen molar-refractivity contribution in [1.82, 2.24) is 5.32 Å². The van der Waals surface area contributed by atoms with E-state index in [1.807, 2.05) is 11.3 Å². The lowest BCUT2D eigenvalue weighted by Crippen LogP contribution is -2.31. The highest BCUT2D eigenvalue weighted by molar-refractivity contribution is 7.99. The van der Waals surface area contributed by atoms with Gasteiger partial charge in [0.05, 0.1) is 0 Å². The number of rotatable bonds is 3. The van der Waals surface area contributed by atoms with Crippen molar-refractivity contribution in [3.8, 4) is 0 Å². The zero-order valence-electron chi connectivity index (χ0n) is 8.75. The van der Waals surface area contributed by atoms with Crippen molar-refractivity contribution in [3.05, 3.63) is 21.9 Å². The lowest BCUT2D eigenvalue weighted by Gasteiger charge is -2.18. The summed E-state index contributed by atoms with van der Waals surface area (Å²) in [6.45, 7) is 4.48. The Labute approximate surface area is 94.3 Å². The molecule has 1 fully saturated rings. The van der Waals surface area contributed by atoms with E-state index in [2.05, 4.69) is 42.4 Å². The highest BCUT2D eigenvalue weighted by Crippen LogP contribution is 2.26. The summed E-state index contributed by atoms with van der Waals surface area (Å²) in [5, 5.41) is 5.90. The molecular formula is C11H17NS2. The van der Waals surface area contributed by atoms with Crippen LogP contribution in [-0.2, 0) is 0 Å². The quantitative estimate of drug-likeness (QED) is 0.851. The van der Waals surface area contributed by atoms with Crippen LogP contribution in [0.25, 0.3) is 0 Å². The smallest absolute Gasteiger partial charge is 0.0391 e. The van der Waals surface area contributed by atoms with E-state index in [-0.39, 0.29) is 0 Å². The van der Waals surface area contributed by atoms with E-state index >= 15 is 0 Å². The Balaban J connectivity index is 1.95. The highest BCUT2D eigenvalue weighted by Gasteiger charge is 2.19. The Morgan fingerprint density at radius 1 is 1.57 bits per heavy atom. The first-order chi connectivity index (χ1) is 6.77. The molecule has 1 nitrogen and oxygen atoms in total. The first-order valence-electron chi connectivity index (χ1n) is 5.15. The average Bonchev–Trinajstić information content (AvgIpc) is 2.75. The number of aryl methyl sites for hydroxylation is 1. The molecule has 2 heterocycles. The minimum Gasteiger partial charge on any atom is -0.306 e. The van der Waals surface area contributed by atoms with Crippen LogP contribution < -0.4 is 5.32 Å². The molecule has 0 aliphatic carbocycles. The van der Waals surface area contributed by atoms with E-state index in [1.165, 1.54) is 28.4 Å². The van der Waals surface area contributed by atoms with E-state index in [0.29, 0.717) is 6.04 Å². The van der Waals surface area contributed by atoms with Crippen LogP contribution >= 0.6 is 23.1 Å². The van der Waals surface area contributed by atoms with Crippen molar-refractivity contribution < 1.29 is 0 Å². The van der Waals surface area contributed by atoms with Gasteiger partial charge in [0.15, 0.2) is 0 Å². The zero-order chi connectivity index (χ0) is 9.97. The molecule has 2 rings (SSSR count). The van der Waals surface area contributed by atoms with E-state index in [0.717, 1.165) is 6.04 Å². The first-order valence-corrected chi connectivity index (χ1v) is 7.18. The van der Waals surface area contributed by atoms with E-state index in [9.17, 15) is 0 Å². The number of thiophene rings is 1. The van der Waals surface area contributed by atoms with Crippen molar-refractivity contribution in [2.75, 3.05) is 11.5 Å². The molecule has 0 radical (unpaired) electrons. The zero-order valence-corrected chi connectivity index (χ0v) is 10.4. The van der Waals surface area contributed by atoms with E-state index in [1.54, 1.807) is 0 Å². The third kappa shape index (κ3) is 2.33. The number of thioether (sulfide) groups is 1. The maximum Gasteiger partial charge on any atom is 0.0391 e. The largest absolute Gasteiger partial charge is 0.306 e. The summed E-state index contributed by atoms with van der Waals surface area (Å²) in [5.41, 5.74) is 1.43. The second-order valence-corrected chi connectivity index (χ2v) is 6.01. The Morgan fingerprint density at radius 2 is 2.43 bits per heavy atom. The van der Waals surface area contributed by atoms with Gasteiger partial charge in [-0.1, -0.05) is 0 Å². The van der Waals surface area contributed by atoms with Crippen LogP contribution in [0.4, 0.5) is 0 Å². The lowest BCUT2D eigenvalue weighted by atomic mass is 10.1. The van der Waals surface area contributed by atoms with Crippen LogP contribution in [0.1, 0.15) is 29.8 Å². The fourth-order valence-corrected chi connectivity index (χ4v) is 4.03. The third-order valence-electron chi connectivity index (χ3n) is 2.71. The second kappa shape index (κ2) is 4.69. The molecule has 1 aliphatic rings. The standard InChI is InChI=1S/C11H17NS2/c1-8-3-6-14-11(8)9(2)12-10-4-5-13-7-10/h3,6,9-10,12H,4-5,7H2,1-2H3. The minimum absolute atomic E-state index is 0.527. The lowest BCUT2D eigenvalue weighted by molar-refractivity contribution is 0.490. The third-order valence-corrected chi connectivity index (χ3v) is 5.07. The van der Waals surface area contributed by atoms with Gasteiger partial charge in [-0.3, -0.25) is 0 Å². The monoisotopic (exact) mass is 227 g/mol. The number of nitrogens with one attached hydrogen (secondary N) is 1. The SMILES string of the molecule is Cc1ccsc1C(C)NC1CCSC1. The van der Waals surface area contributed by atoms with Gasteiger partial charge in [0.1, 0.15) is 0 Å². The van der Waals surface area contributed by atoms with Crippen molar-refractivity contribution >= 4 is 23.1 Å². The van der Waals surface area contributed by atoms with Gasteiger partial charge in [0.2, 0.25) is 0 Å². The summed E-state index contributed by atoms with van der Waals surface area (Å²) in [7, 11) is 0. The predicted molar refractivity (Wildman–Crippen MR) is 66.3 cm³/mol. The first kappa shape index (κ1) is 10.5. The van der Waals surface area contributed by atoms with E-state index < -0.39 is 0 Å². The van der Waals surface area contributed by atoms with E-state index in [4.69, 9.17) is 0 Å². The van der Waals surface area contributed by atoms with Crippen LogP contribution in [0.2, 0.25) is 0 Å². The summed E-state index contributed by atoms with van der Waals surface area (Å²) in [4.78, 5) is 1.50. The molecule has 0 aromatic carbocycles. The molecule has 0 bridgehead atoms. The molecule has 78 valence electrons. The average molecular weight is 227 g/mol. The molecule has 1 aromatic rings. The molecule has 1 aromatic heterocycles. The summed E-state index contributed by atoms with van der Waals surface area (Å²) < 4.78 is 0. The van der Waals surface area contributed by atoms with Crippen LogP contribution in [0, 0.1) is 6.92 Å². The van der Waals surface area contributed by atoms with Crippen LogP contribution in [0.5, 0.6) is 0 Å². The molecule has 2 unspecified atom stereocenters. The van der Waals surface area contributed by atoms with Gasteiger partial charge in [-0.15, -0.1) is 11.3 Å². The summed E-state index contributed by atoms with van der Waals surface area (Å²) in [6.07, 6.45) is 1.33. The van der Waals surface area contributed by atoms with Crippen LogP contribution in [-0.4, -0.2) is 17.5 Å². The molecule has 3 heteroatoms. The van der Waals surface area contributed by atoms with Gasteiger partial charge >= 0.3 is 0 Å². The Morgan fingerprint density at radius 3 is 3.00 bits per heavy atom. The molecular weight excluding hydrogens is 210 g/mol. The molecule has 14 heavy (non-hydrogen) atoms. The minimum atomic E-state index is 0.527. The Kier molecular flexibility index (Phi) is 3.52. The summed E-state index contributed by atoms with van der Waals surface area (Å²) >= 11 is 3.94. The van der Waals surface area contributed by atoms with Gasteiger partial charge in [-0.2, -0.15) is 11.8 Å². The number of hydrogen-bond acceptors (Lipinski definition) is 3. The summed E-state index contributed by atoms with van der Waals surface area (Å²) in [5.74, 6) is 2.61. The van der Waals surface area contributed by atoms with Gasteiger partial charge in [-0.05, 0) is 43.0 Å². The Hall–Kier alpha value is 0.01000. The molecule has 0 saturated carbocycles.